The Morgan fingerprint density at radius 1 is 1.14 bits per heavy atom. The first-order chi connectivity index (χ1) is 13.7. The van der Waals surface area contributed by atoms with Gasteiger partial charge in [-0.25, -0.2) is 0 Å². The molecule has 150 valence electrons. The largest absolute Gasteiger partial charge is 0.497 e. The first-order valence-electron chi connectivity index (χ1n) is 9.71. The minimum atomic E-state index is 0.0412. The fourth-order valence-corrected chi connectivity index (χ4v) is 4.39. The van der Waals surface area contributed by atoms with Gasteiger partial charge in [0.05, 0.1) is 32.1 Å². The van der Waals surface area contributed by atoms with Crippen molar-refractivity contribution in [2.75, 3.05) is 39.2 Å². The average molecular weight is 402 g/mol. The molecule has 6 heteroatoms. The number of amides is 1. The number of rotatable bonds is 8. The summed E-state index contributed by atoms with van der Waals surface area (Å²) in [5.74, 6) is 1.28. The lowest BCUT2D eigenvalue weighted by Crippen LogP contribution is -3.15. The molecule has 0 aliphatic carbocycles. The van der Waals surface area contributed by atoms with Crippen molar-refractivity contribution in [3.63, 3.8) is 0 Å². The van der Waals surface area contributed by atoms with Crippen LogP contribution in [-0.2, 0) is 9.53 Å². The van der Waals surface area contributed by atoms with Gasteiger partial charge in [0.25, 0.3) is 0 Å². The summed E-state index contributed by atoms with van der Waals surface area (Å²) in [6, 6.07) is 18.5. The molecular weight excluding hydrogens is 372 g/mol. The fraction of sp³-hybridized carbons (Fsp3) is 0.409. The van der Waals surface area contributed by atoms with Crippen LogP contribution in [0, 0.1) is 0 Å². The minimum Gasteiger partial charge on any atom is -0.497 e. The van der Waals surface area contributed by atoms with E-state index >= 15 is 0 Å². The van der Waals surface area contributed by atoms with Crippen molar-refractivity contribution in [1.29, 1.82) is 0 Å². The van der Waals surface area contributed by atoms with Crippen LogP contribution in [0.4, 0.5) is 0 Å². The van der Waals surface area contributed by atoms with Gasteiger partial charge in [0.1, 0.15) is 24.9 Å². The number of quaternary nitrogens is 1. The van der Waals surface area contributed by atoms with Crippen molar-refractivity contribution in [2.45, 2.75) is 23.9 Å². The molecule has 3 rings (SSSR count). The lowest BCUT2D eigenvalue weighted by molar-refractivity contribution is -0.940. The van der Waals surface area contributed by atoms with E-state index in [-0.39, 0.29) is 18.0 Å². The van der Waals surface area contributed by atoms with Crippen molar-refractivity contribution in [2.24, 2.45) is 0 Å². The molecule has 1 heterocycles. The normalized spacial score (nSPS) is 16.9. The van der Waals surface area contributed by atoms with Crippen LogP contribution in [0.15, 0.2) is 59.5 Å². The van der Waals surface area contributed by atoms with Gasteiger partial charge in [0, 0.05) is 10.5 Å². The number of hydrogen-bond acceptors (Lipinski definition) is 4. The molecular formula is C22H29N2O3S+. The van der Waals surface area contributed by atoms with Crippen LogP contribution in [-0.4, -0.2) is 51.1 Å². The van der Waals surface area contributed by atoms with E-state index in [9.17, 15) is 4.79 Å². The highest BCUT2D eigenvalue weighted by Crippen LogP contribution is 2.21. The third-order valence-corrected chi connectivity index (χ3v) is 6.06. The van der Waals surface area contributed by atoms with Crippen molar-refractivity contribution in [3.05, 3.63) is 60.2 Å². The molecule has 1 aliphatic heterocycles. The number of thioether (sulfide) groups is 1. The zero-order valence-electron chi connectivity index (χ0n) is 16.5. The maximum Gasteiger partial charge on any atom is 0.230 e. The van der Waals surface area contributed by atoms with E-state index < -0.39 is 0 Å². The molecule has 0 bridgehead atoms. The molecule has 1 saturated heterocycles. The third-order valence-electron chi connectivity index (χ3n) is 5.05. The maximum atomic E-state index is 12.6. The van der Waals surface area contributed by atoms with E-state index in [0.29, 0.717) is 5.75 Å². The number of morpholine rings is 1. The molecule has 0 unspecified atom stereocenters. The van der Waals surface area contributed by atoms with Crippen molar-refractivity contribution in [1.82, 2.24) is 5.32 Å². The van der Waals surface area contributed by atoms with E-state index in [1.54, 1.807) is 7.11 Å². The maximum absolute atomic E-state index is 12.6. The predicted molar refractivity (Wildman–Crippen MR) is 112 cm³/mol. The van der Waals surface area contributed by atoms with Crippen LogP contribution in [0.25, 0.3) is 0 Å². The Bertz CT molecular complexity index is 733. The summed E-state index contributed by atoms with van der Waals surface area (Å²) in [6.45, 7) is 5.57. The first-order valence-corrected chi connectivity index (χ1v) is 10.7. The van der Waals surface area contributed by atoms with E-state index in [2.05, 4.69) is 36.5 Å². The highest BCUT2D eigenvalue weighted by atomic mass is 32.2. The number of methoxy groups -OCH3 is 1. The van der Waals surface area contributed by atoms with E-state index in [1.807, 2.05) is 30.3 Å². The Morgan fingerprint density at radius 2 is 1.82 bits per heavy atom. The smallest absolute Gasteiger partial charge is 0.230 e. The molecule has 2 atom stereocenters. The van der Waals surface area contributed by atoms with Gasteiger partial charge >= 0.3 is 0 Å². The Morgan fingerprint density at radius 3 is 2.46 bits per heavy atom. The first kappa shape index (κ1) is 20.7. The summed E-state index contributed by atoms with van der Waals surface area (Å²) in [5, 5.41) is 3.22. The molecule has 28 heavy (non-hydrogen) atoms. The topological polar surface area (TPSA) is 52.0 Å². The molecule has 0 aromatic heterocycles. The van der Waals surface area contributed by atoms with E-state index in [4.69, 9.17) is 9.47 Å². The lowest BCUT2D eigenvalue weighted by Gasteiger charge is -2.35. The van der Waals surface area contributed by atoms with Crippen LogP contribution >= 0.6 is 11.8 Å². The summed E-state index contributed by atoms with van der Waals surface area (Å²) < 4.78 is 10.7. The van der Waals surface area contributed by atoms with Crippen molar-refractivity contribution < 1.29 is 19.2 Å². The molecule has 2 aromatic carbocycles. The molecule has 0 radical (unpaired) electrons. The van der Waals surface area contributed by atoms with Crippen LogP contribution < -0.4 is 15.0 Å². The minimum absolute atomic E-state index is 0.0412. The summed E-state index contributed by atoms with van der Waals surface area (Å²) in [5.41, 5.74) is 1.26. The van der Waals surface area contributed by atoms with E-state index in [0.717, 1.165) is 36.9 Å². The van der Waals surface area contributed by atoms with Crippen molar-refractivity contribution >= 4 is 17.7 Å². The molecule has 1 aliphatic rings. The monoisotopic (exact) mass is 401 g/mol. The zero-order valence-corrected chi connectivity index (χ0v) is 17.3. The summed E-state index contributed by atoms with van der Waals surface area (Å²) >= 11 is 1.54. The average Bonchev–Trinajstić information content (AvgIpc) is 2.74. The van der Waals surface area contributed by atoms with Crippen LogP contribution in [0.1, 0.15) is 18.5 Å². The van der Waals surface area contributed by atoms with Gasteiger partial charge in [0.15, 0.2) is 0 Å². The highest BCUT2D eigenvalue weighted by molar-refractivity contribution is 8.00. The predicted octanol–water partition coefficient (Wildman–Crippen LogP) is 1.95. The fourth-order valence-electron chi connectivity index (χ4n) is 3.68. The number of hydrogen-bond donors (Lipinski definition) is 2. The Labute approximate surface area is 171 Å². The lowest BCUT2D eigenvalue weighted by atomic mass is 9.98. The van der Waals surface area contributed by atoms with Gasteiger partial charge in [-0.05, 0) is 31.2 Å². The standard InChI is InChI=1S/C22H28N2O3S/c1-17(23-21(25)16-28-20-10-8-19(26-2)9-11-20)22(18-6-4-3-5-7-18)24-12-14-27-15-13-24/h3-11,17,22H,12-16H2,1-2H3,(H,23,25)/p+1/t17-,22-/m1/s1. The number of benzene rings is 2. The highest BCUT2D eigenvalue weighted by Gasteiger charge is 2.32. The SMILES string of the molecule is COc1ccc(SCC(=O)N[C@H](C)[C@H](c2ccccc2)[NH+]2CCOCC2)cc1. The van der Waals surface area contributed by atoms with Gasteiger partial charge < -0.3 is 19.7 Å². The molecule has 0 spiro atoms. The van der Waals surface area contributed by atoms with Crippen LogP contribution in [0.5, 0.6) is 5.75 Å². The Balaban J connectivity index is 1.60. The summed E-state index contributed by atoms with van der Waals surface area (Å²) in [7, 11) is 1.65. The molecule has 1 fully saturated rings. The number of ether oxygens (including phenoxy) is 2. The van der Waals surface area contributed by atoms with Gasteiger partial charge in [0.2, 0.25) is 5.91 Å². The van der Waals surface area contributed by atoms with Crippen LogP contribution in [0.2, 0.25) is 0 Å². The van der Waals surface area contributed by atoms with Crippen molar-refractivity contribution in [3.8, 4) is 5.75 Å². The van der Waals surface area contributed by atoms with Gasteiger partial charge in [-0.3, -0.25) is 4.79 Å². The summed E-state index contributed by atoms with van der Waals surface area (Å²) in [4.78, 5) is 15.1. The number of carbonyl (C=O) groups is 1. The molecule has 1 amide bonds. The second-order valence-corrected chi connectivity index (χ2v) is 8.03. The quantitative estimate of drug-likeness (QED) is 0.664. The second-order valence-electron chi connectivity index (χ2n) is 6.98. The van der Waals surface area contributed by atoms with E-state index in [1.165, 1.54) is 22.2 Å². The second kappa shape index (κ2) is 10.5. The molecule has 5 nitrogen and oxygen atoms in total. The van der Waals surface area contributed by atoms with Gasteiger partial charge in [-0.2, -0.15) is 0 Å². The molecule has 2 N–H and O–H groups in total. The molecule has 2 aromatic rings. The van der Waals surface area contributed by atoms with Gasteiger partial charge in [-0.15, -0.1) is 11.8 Å². The number of nitrogens with one attached hydrogen (secondary N) is 2. The Hall–Kier alpha value is -2.02. The third kappa shape index (κ3) is 5.74. The van der Waals surface area contributed by atoms with Crippen LogP contribution in [0.3, 0.4) is 0 Å². The van der Waals surface area contributed by atoms with Gasteiger partial charge in [-0.1, -0.05) is 30.3 Å². The molecule has 0 saturated carbocycles. The Kier molecular flexibility index (Phi) is 7.77. The zero-order chi connectivity index (χ0) is 19.8. The summed E-state index contributed by atoms with van der Waals surface area (Å²) in [6.07, 6.45) is 0. The number of carbonyl (C=O) groups excluding carboxylic acids is 1.